The first kappa shape index (κ1) is 17.7. The maximum absolute atomic E-state index is 12.8. The maximum atomic E-state index is 12.8. The van der Waals surface area contributed by atoms with E-state index in [-0.39, 0.29) is 18.3 Å². The van der Waals surface area contributed by atoms with Crippen molar-refractivity contribution in [2.24, 2.45) is 0 Å². The molecule has 6 heteroatoms. The fraction of sp³-hybridized carbons (Fsp3) is 0.381. The highest BCUT2D eigenvalue weighted by atomic mass is 16.5. The van der Waals surface area contributed by atoms with Crippen LogP contribution >= 0.6 is 0 Å². The van der Waals surface area contributed by atoms with Crippen molar-refractivity contribution in [3.63, 3.8) is 0 Å². The Morgan fingerprint density at radius 1 is 1.22 bits per heavy atom. The number of pyridine rings is 1. The van der Waals surface area contributed by atoms with Gasteiger partial charge in [-0.2, -0.15) is 0 Å². The van der Waals surface area contributed by atoms with Gasteiger partial charge in [-0.25, -0.2) is 0 Å². The monoisotopic (exact) mass is 366 g/mol. The fourth-order valence-electron chi connectivity index (χ4n) is 3.94. The van der Waals surface area contributed by atoms with Gasteiger partial charge in [-0.3, -0.25) is 14.6 Å². The highest BCUT2D eigenvalue weighted by Crippen LogP contribution is 2.39. The molecule has 1 unspecified atom stereocenters. The van der Waals surface area contributed by atoms with Crippen LogP contribution in [0.4, 0.5) is 0 Å². The maximum Gasteiger partial charge on any atom is 0.272 e. The lowest BCUT2D eigenvalue weighted by atomic mass is 9.84. The van der Waals surface area contributed by atoms with Crippen LogP contribution in [0.15, 0.2) is 42.6 Å². The molecule has 0 aliphatic carbocycles. The highest BCUT2D eigenvalue weighted by Gasteiger charge is 2.42. The van der Waals surface area contributed by atoms with Gasteiger partial charge < -0.3 is 14.7 Å². The van der Waals surface area contributed by atoms with E-state index in [4.69, 9.17) is 4.74 Å². The summed E-state index contributed by atoms with van der Waals surface area (Å²) in [5.41, 5.74) is 1.10. The Morgan fingerprint density at radius 3 is 2.93 bits per heavy atom. The first-order valence-corrected chi connectivity index (χ1v) is 9.27. The largest absolute Gasteiger partial charge is 0.486 e. The molecule has 1 spiro atoms. The molecule has 4 rings (SSSR count). The van der Waals surface area contributed by atoms with Crippen LogP contribution < -0.4 is 4.74 Å². The molecule has 0 saturated carbocycles. The molecule has 1 aromatic carbocycles. The first-order chi connectivity index (χ1) is 13.1. The van der Waals surface area contributed by atoms with Crippen molar-refractivity contribution < 1.29 is 19.4 Å². The van der Waals surface area contributed by atoms with Crippen LogP contribution in [0.1, 0.15) is 52.1 Å². The average molecular weight is 366 g/mol. The van der Waals surface area contributed by atoms with Gasteiger partial charge in [0.25, 0.3) is 5.91 Å². The molecular weight excluding hydrogens is 344 g/mol. The quantitative estimate of drug-likeness (QED) is 0.884. The Hall–Kier alpha value is -2.73. The number of ketones is 1. The molecule has 1 fully saturated rings. The molecule has 1 aromatic heterocycles. The van der Waals surface area contributed by atoms with Crippen molar-refractivity contribution in [3.05, 3.63) is 59.4 Å². The van der Waals surface area contributed by atoms with E-state index in [9.17, 15) is 14.7 Å². The molecule has 1 amide bonds. The predicted molar refractivity (Wildman–Crippen MR) is 98.7 cm³/mol. The van der Waals surface area contributed by atoms with Crippen LogP contribution in [0.25, 0.3) is 0 Å². The topological polar surface area (TPSA) is 79.7 Å². The van der Waals surface area contributed by atoms with Gasteiger partial charge in [-0.1, -0.05) is 12.1 Å². The molecule has 140 valence electrons. The van der Waals surface area contributed by atoms with Crippen LogP contribution in [0.2, 0.25) is 0 Å². The number of benzene rings is 1. The van der Waals surface area contributed by atoms with E-state index >= 15 is 0 Å². The normalized spacial score (nSPS) is 22.1. The summed E-state index contributed by atoms with van der Waals surface area (Å²) in [5.74, 6) is 0.602. The summed E-state index contributed by atoms with van der Waals surface area (Å²) in [7, 11) is 0. The number of hydrogen-bond acceptors (Lipinski definition) is 5. The molecule has 0 bridgehead atoms. The molecule has 2 aliphatic rings. The van der Waals surface area contributed by atoms with E-state index in [1.807, 2.05) is 18.2 Å². The van der Waals surface area contributed by atoms with E-state index in [1.165, 1.54) is 6.20 Å². The van der Waals surface area contributed by atoms with Crippen molar-refractivity contribution in [3.8, 4) is 5.75 Å². The fourth-order valence-corrected chi connectivity index (χ4v) is 3.94. The molecule has 1 saturated heterocycles. The van der Waals surface area contributed by atoms with Crippen molar-refractivity contribution in [1.29, 1.82) is 0 Å². The van der Waals surface area contributed by atoms with Crippen molar-refractivity contribution in [2.75, 3.05) is 13.1 Å². The number of ether oxygens (including phenoxy) is 1. The van der Waals surface area contributed by atoms with Crippen molar-refractivity contribution in [1.82, 2.24) is 9.88 Å². The van der Waals surface area contributed by atoms with Gasteiger partial charge in [0.1, 0.15) is 17.0 Å². The lowest BCUT2D eigenvalue weighted by Gasteiger charge is -2.37. The van der Waals surface area contributed by atoms with E-state index in [0.29, 0.717) is 48.5 Å². The minimum absolute atomic E-state index is 0.106. The number of amides is 1. The Bertz CT molecular complexity index is 882. The number of hydrogen-bond donors (Lipinski definition) is 1. The number of Topliss-reactive ketones (excluding diaryl/α,β-unsaturated/α-hetero) is 1. The summed E-state index contributed by atoms with van der Waals surface area (Å²) in [6, 6.07) is 10.7. The summed E-state index contributed by atoms with van der Waals surface area (Å²) in [6.45, 7) is 0.991. The summed E-state index contributed by atoms with van der Waals surface area (Å²) in [5, 5.41) is 9.27. The molecule has 3 heterocycles. The van der Waals surface area contributed by atoms with Crippen LogP contribution in [-0.2, 0) is 6.61 Å². The van der Waals surface area contributed by atoms with Gasteiger partial charge >= 0.3 is 0 Å². The second-order valence-corrected chi connectivity index (χ2v) is 7.23. The molecule has 0 radical (unpaired) electrons. The molecule has 1 N–H and O–H groups in total. The minimum Gasteiger partial charge on any atom is -0.486 e. The number of carbonyl (C=O) groups is 2. The van der Waals surface area contributed by atoms with Crippen LogP contribution in [0, 0.1) is 0 Å². The second kappa shape index (κ2) is 7.12. The third-order valence-corrected chi connectivity index (χ3v) is 5.41. The third-order valence-electron chi connectivity index (χ3n) is 5.41. The number of likely N-dealkylation sites (tertiary alicyclic amines) is 1. The number of aliphatic hydroxyl groups is 1. The summed E-state index contributed by atoms with van der Waals surface area (Å²) in [4.78, 5) is 31.3. The summed E-state index contributed by atoms with van der Waals surface area (Å²) < 4.78 is 6.27. The standard InChI is InChI=1S/C21H22N2O4/c24-14-15-6-9-22-17(12-15)20(26)23-10-3-7-21(8-11-23)13-18(25)16-4-1-2-5-19(16)27-21/h1-2,4-6,9,12,24H,3,7-8,10-11,13-14H2. The smallest absolute Gasteiger partial charge is 0.272 e. The van der Waals surface area contributed by atoms with E-state index in [1.54, 1.807) is 23.1 Å². The second-order valence-electron chi connectivity index (χ2n) is 7.23. The van der Waals surface area contributed by atoms with Crippen molar-refractivity contribution >= 4 is 11.7 Å². The zero-order valence-corrected chi connectivity index (χ0v) is 15.1. The number of rotatable bonds is 2. The molecular formula is C21H22N2O4. The molecule has 6 nitrogen and oxygen atoms in total. The number of nitrogens with zero attached hydrogens (tertiary/aromatic N) is 2. The predicted octanol–water partition coefficient (Wildman–Crippen LogP) is 2.60. The van der Waals surface area contributed by atoms with E-state index < -0.39 is 5.60 Å². The minimum atomic E-state index is -0.541. The van der Waals surface area contributed by atoms with Gasteiger partial charge in [0, 0.05) is 25.7 Å². The molecule has 1 atom stereocenters. The van der Waals surface area contributed by atoms with Crippen molar-refractivity contribution in [2.45, 2.75) is 37.9 Å². The average Bonchev–Trinajstić information content (AvgIpc) is 2.90. The van der Waals surface area contributed by atoms with Gasteiger partial charge in [0.15, 0.2) is 5.78 Å². The first-order valence-electron chi connectivity index (χ1n) is 9.27. The number of aromatic nitrogens is 1. The Balaban J connectivity index is 1.51. The van der Waals surface area contributed by atoms with Gasteiger partial charge in [0.2, 0.25) is 0 Å². The zero-order valence-electron chi connectivity index (χ0n) is 15.1. The Labute approximate surface area is 157 Å². The Kier molecular flexibility index (Phi) is 4.66. The van der Waals surface area contributed by atoms with Gasteiger partial charge in [-0.15, -0.1) is 0 Å². The number of carbonyl (C=O) groups excluding carboxylic acids is 2. The highest BCUT2D eigenvalue weighted by molar-refractivity contribution is 6.00. The lowest BCUT2D eigenvalue weighted by molar-refractivity contribution is 0.0300. The third kappa shape index (κ3) is 3.45. The summed E-state index contributed by atoms with van der Waals surface area (Å²) in [6.07, 6.45) is 4.00. The van der Waals surface area contributed by atoms with Crippen LogP contribution in [0.3, 0.4) is 0 Å². The van der Waals surface area contributed by atoms with E-state index in [0.717, 1.165) is 12.8 Å². The number of fused-ring (bicyclic) bond motifs is 1. The van der Waals surface area contributed by atoms with Gasteiger partial charge in [-0.05, 0) is 42.7 Å². The zero-order chi connectivity index (χ0) is 18.9. The molecule has 2 aromatic rings. The van der Waals surface area contributed by atoms with Crippen LogP contribution in [-0.4, -0.2) is 45.4 Å². The Morgan fingerprint density at radius 2 is 2.07 bits per heavy atom. The summed E-state index contributed by atoms with van der Waals surface area (Å²) >= 11 is 0. The van der Waals surface area contributed by atoms with E-state index in [2.05, 4.69) is 4.98 Å². The van der Waals surface area contributed by atoms with Gasteiger partial charge in [0.05, 0.1) is 18.6 Å². The molecule has 2 aliphatic heterocycles. The SMILES string of the molecule is O=C1CC2(CCCN(C(=O)c3cc(CO)ccn3)CC2)Oc2ccccc21. The lowest BCUT2D eigenvalue weighted by Crippen LogP contribution is -2.43. The van der Waals surface area contributed by atoms with Crippen LogP contribution in [0.5, 0.6) is 5.75 Å². The molecule has 27 heavy (non-hydrogen) atoms. The number of aliphatic hydroxyl groups excluding tert-OH is 1. The number of para-hydroxylation sites is 1.